The minimum absolute atomic E-state index is 0.0532. The summed E-state index contributed by atoms with van der Waals surface area (Å²) in [4.78, 5) is 29.9. The number of nitrogens with zero attached hydrogens (tertiary/aromatic N) is 1. The number of benzene rings is 1. The predicted molar refractivity (Wildman–Crippen MR) is 119 cm³/mol. The Hall–Kier alpha value is -3.55. The minimum Gasteiger partial charge on any atom is -0.493 e. The fourth-order valence-corrected chi connectivity index (χ4v) is 2.62. The second-order valence-electron chi connectivity index (χ2n) is 7.84. The molecule has 1 aromatic carbocycles. The van der Waals surface area contributed by atoms with Crippen molar-refractivity contribution in [2.75, 3.05) is 26.6 Å². The largest absolute Gasteiger partial charge is 0.493 e. The van der Waals surface area contributed by atoms with Crippen molar-refractivity contribution in [3.63, 3.8) is 0 Å². The van der Waals surface area contributed by atoms with Crippen LogP contribution >= 0.6 is 0 Å². The lowest BCUT2D eigenvalue weighted by Gasteiger charge is -2.19. The number of anilines is 1. The molecule has 1 aromatic heterocycles. The van der Waals surface area contributed by atoms with Gasteiger partial charge in [0.25, 0.3) is 5.91 Å². The Kier molecular flexibility index (Phi) is 7.63. The number of methoxy groups -OCH3 is 3. The lowest BCUT2D eigenvalue weighted by atomic mass is 9.95. The van der Waals surface area contributed by atoms with Gasteiger partial charge in [0, 0.05) is 11.1 Å². The third-order valence-corrected chi connectivity index (χ3v) is 4.30. The van der Waals surface area contributed by atoms with E-state index in [9.17, 15) is 9.59 Å². The van der Waals surface area contributed by atoms with Crippen LogP contribution in [0.2, 0.25) is 0 Å². The van der Waals surface area contributed by atoms with Crippen LogP contribution in [0.5, 0.6) is 17.2 Å². The summed E-state index contributed by atoms with van der Waals surface area (Å²) in [6, 6.07) is 8.65. The molecule has 166 valence electrons. The summed E-state index contributed by atoms with van der Waals surface area (Å²) in [5.41, 5.74) is 0.686. The van der Waals surface area contributed by atoms with E-state index in [4.69, 9.17) is 14.2 Å². The number of aromatic nitrogens is 1. The van der Waals surface area contributed by atoms with Crippen LogP contribution in [0.4, 0.5) is 5.82 Å². The average molecular weight is 428 g/mol. The molecule has 0 unspecified atom stereocenters. The van der Waals surface area contributed by atoms with Gasteiger partial charge >= 0.3 is 0 Å². The van der Waals surface area contributed by atoms with E-state index in [0.29, 0.717) is 28.6 Å². The smallest absolute Gasteiger partial charge is 0.273 e. The second kappa shape index (κ2) is 9.97. The van der Waals surface area contributed by atoms with Gasteiger partial charge in [-0.25, -0.2) is 4.98 Å². The fraction of sp³-hybridized carbons (Fsp3) is 0.348. The molecule has 0 fully saturated rings. The van der Waals surface area contributed by atoms with Crippen molar-refractivity contribution >= 4 is 23.7 Å². The molecule has 2 N–H and O–H groups in total. The first-order valence-corrected chi connectivity index (χ1v) is 9.67. The Morgan fingerprint density at radius 2 is 1.61 bits per heavy atom. The number of pyridine rings is 1. The van der Waals surface area contributed by atoms with Crippen molar-refractivity contribution in [2.24, 2.45) is 5.41 Å². The van der Waals surface area contributed by atoms with E-state index in [1.807, 2.05) is 13.0 Å². The fourth-order valence-electron chi connectivity index (χ4n) is 2.62. The SMILES string of the molecule is COc1cc(/C=C(/NC(=O)C(C)(C)C)C(=O)Nc2cccc(C)n2)cc(OC)c1OC. The number of ether oxygens (including phenoxy) is 3. The maximum Gasteiger partial charge on any atom is 0.273 e. The van der Waals surface area contributed by atoms with Gasteiger partial charge in [-0.15, -0.1) is 0 Å². The van der Waals surface area contributed by atoms with E-state index in [-0.39, 0.29) is 11.6 Å². The summed E-state index contributed by atoms with van der Waals surface area (Å²) in [6.07, 6.45) is 1.54. The van der Waals surface area contributed by atoms with Crippen LogP contribution in [0.15, 0.2) is 36.0 Å². The van der Waals surface area contributed by atoms with Gasteiger partial charge in [0.1, 0.15) is 11.5 Å². The van der Waals surface area contributed by atoms with Crippen LogP contribution in [0.1, 0.15) is 32.0 Å². The van der Waals surface area contributed by atoms with Crippen molar-refractivity contribution < 1.29 is 23.8 Å². The Bertz CT molecular complexity index is 968. The Labute approximate surface area is 182 Å². The number of nitrogens with one attached hydrogen (secondary N) is 2. The molecule has 0 saturated carbocycles. The topological polar surface area (TPSA) is 98.8 Å². The van der Waals surface area contributed by atoms with Crippen LogP contribution in [0, 0.1) is 12.3 Å². The maximum atomic E-state index is 13.0. The Balaban J connectivity index is 2.50. The molecule has 0 spiro atoms. The molecule has 0 aliphatic carbocycles. The third-order valence-electron chi connectivity index (χ3n) is 4.30. The normalized spacial score (nSPS) is 11.5. The molecule has 31 heavy (non-hydrogen) atoms. The van der Waals surface area contributed by atoms with Crippen molar-refractivity contribution in [2.45, 2.75) is 27.7 Å². The third kappa shape index (κ3) is 6.21. The van der Waals surface area contributed by atoms with Gasteiger partial charge in [-0.3, -0.25) is 9.59 Å². The van der Waals surface area contributed by atoms with Gasteiger partial charge < -0.3 is 24.8 Å². The number of amides is 2. The first-order chi connectivity index (χ1) is 14.6. The zero-order valence-corrected chi connectivity index (χ0v) is 19.0. The number of rotatable bonds is 7. The molecular formula is C23H29N3O5. The summed E-state index contributed by atoms with van der Waals surface area (Å²) in [5.74, 6) is 0.843. The van der Waals surface area contributed by atoms with E-state index in [1.165, 1.54) is 21.3 Å². The van der Waals surface area contributed by atoms with Gasteiger partial charge in [-0.05, 0) is 42.8 Å². The predicted octanol–water partition coefficient (Wildman–Crippen LogP) is 3.56. The number of carbonyl (C=O) groups is 2. The van der Waals surface area contributed by atoms with Gasteiger partial charge in [-0.1, -0.05) is 26.8 Å². The minimum atomic E-state index is -0.698. The second-order valence-corrected chi connectivity index (χ2v) is 7.84. The molecular weight excluding hydrogens is 398 g/mol. The van der Waals surface area contributed by atoms with Crippen molar-refractivity contribution in [1.82, 2.24) is 10.3 Å². The van der Waals surface area contributed by atoms with Crippen LogP contribution < -0.4 is 24.8 Å². The van der Waals surface area contributed by atoms with Crippen LogP contribution in [0.3, 0.4) is 0 Å². The molecule has 0 saturated heterocycles. The highest BCUT2D eigenvalue weighted by molar-refractivity contribution is 6.08. The Morgan fingerprint density at radius 1 is 1.00 bits per heavy atom. The molecule has 8 heteroatoms. The number of carbonyl (C=O) groups excluding carboxylic acids is 2. The highest BCUT2D eigenvalue weighted by Crippen LogP contribution is 2.38. The molecule has 0 aliphatic heterocycles. The lowest BCUT2D eigenvalue weighted by molar-refractivity contribution is -0.128. The first kappa shape index (κ1) is 23.7. The van der Waals surface area contributed by atoms with Crippen molar-refractivity contribution in [3.05, 3.63) is 47.3 Å². The van der Waals surface area contributed by atoms with Crippen molar-refractivity contribution in [3.8, 4) is 17.2 Å². The summed E-state index contributed by atoms with van der Waals surface area (Å²) in [6.45, 7) is 7.11. The van der Waals surface area contributed by atoms with Crippen molar-refractivity contribution in [1.29, 1.82) is 0 Å². The Morgan fingerprint density at radius 3 is 2.10 bits per heavy atom. The standard InChI is InChI=1S/C23H29N3O5/c1-14-9-8-10-19(24-14)26-21(27)16(25-22(28)23(2,3)4)11-15-12-17(29-5)20(31-7)18(13-15)30-6/h8-13H,1-7H3,(H,25,28)(H,24,26,27)/b16-11+. The highest BCUT2D eigenvalue weighted by atomic mass is 16.5. The lowest BCUT2D eigenvalue weighted by Crippen LogP contribution is -2.38. The number of hydrogen-bond acceptors (Lipinski definition) is 6. The van der Waals surface area contributed by atoms with E-state index in [1.54, 1.807) is 51.1 Å². The molecule has 2 aromatic rings. The monoisotopic (exact) mass is 427 g/mol. The molecule has 8 nitrogen and oxygen atoms in total. The quantitative estimate of drug-likeness (QED) is 0.656. The van der Waals surface area contributed by atoms with E-state index in [2.05, 4.69) is 15.6 Å². The van der Waals surface area contributed by atoms with E-state index in [0.717, 1.165) is 5.69 Å². The molecule has 0 bridgehead atoms. The zero-order valence-electron chi connectivity index (χ0n) is 19.0. The van der Waals surface area contributed by atoms with E-state index >= 15 is 0 Å². The zero-order chi connectivity index (χ0) is 23.2. The number of hydrogen-bond donors (Lipinski definition) is 2. The molecule has 1 heterocycles. The maximum absolute atomic E-state index is 13.0. The van der Waals surface area contributed by atoms with Crippen LogP contribution in [-0.4, -0.2) is 38.1 Å². The first-order valence-electron chi connectivity index (χ1n) is 9.67. The summed E-state index contributed by atoms with van der Waals surface area (Å²) < 4.78 is 16.1. The average Bonchev–Trinajstić information content (AvgIpc) is 2.71. The molecule has 0 atom stereocenters. The van der Waals surface area contributed by atoms with Gasteiger partial charge in [0.15, 0.2) is 11.5 Å². The van der Waals surface area contributed by atoms with Crippen LogP contribution in [-0.2, 0) is 9.59 Å². The van der Waals surface area contributed by atoms with Gasteiger partial charge in [-0.2, -0.15) is 0 Å². The van der Waals surface area contributed by atoms with Gasteiger partial charge in [0.05, 0.1) is 21.3 Å². The number of aryl methyl sites for hydroxylation is 1. The summed E-state index contributed by atoms with van der Waals surface area (Å²) in [5, 5.41) is 5.43. The molecule has 2 amide bonds. The highest BCUT2D eigenvalue weighted by Gasteiger charge is 2.24. The van der Waals surface area contributed by atoms with Crippen LogP contribution in [0.25, 0.3) is 6.08 Å². The summed E-state index contributed by atoms with van der Waals surface area (Å²) >= 11 is 0. The molecule has 0 radical (unpaired) electrons. The van der Waals surface area contributed by atoms with E-state index < -0.39 is 11.3 Å². The van der Waals surface area contributed by atoms with Gasteiger partial charge in [0.2, 0.25) is 11.7 Å². The molecule has 0 aliphatic rings. The molecule has 2 rings (SSSR count). The summed E-state index contributed by atoms with van der Waals surface area (Å²) in [7, 11) is 4.51.